The second kappa shape index (κ2) is 5.52. The number of nitrogens with zero attached hydrogens (tertiary/aromatic N) is 2. The summed E-state index contributed by atoms with van der Waals surface area (Å²) in [5, 5.41) is 5.19. The molecule has 0 aliphatic carbocycles. The molecule has 1 N–H and O–H groups in total. The van der Waals surface area contributed by atoms with E-state index in [1.807, 2.05) is 32.2 Å². The van der Waals surface area contributed by atoms with Crippen molar-refractivity contribution in [2.75, 3.05) is 0 Å². The minimum atomic E-state index is -0.277. The molecule has 0 aliphatic rings. The van der Waals surface area contributed by atoms with Crippen LogP contribution in [-0.4, -0.2) is 16.7 Å². The van der Waals surface area contributed by atoms with Gasteiger partial charge in [0.2, 0.25) is 0 Å². The van der Waals surface area contributed by atoms with Crippen molar-refractivity contribution in [1.29, 1.82) is 0 Å². The van der Waals surface area contributed by atoms with Crippen molar-refractivity contribution in [1.82, 2.24) is 9.99 Å². The van der Waals surface area contributed by atoms with E-state index in [0.717, 1.165) is 22.2 Å². The molecule has 5 nitrogen and oxygen atoms in total. The molecule has 0 aliphatic heterocycles. The lowest BCUT2D eigenvalue weighted by Gasteiger charge is -1.98. The number of fused-ring (bicyclic) bond motifs is 1. The molecule has 0 atom stereocenters. The highest BCUT2D eigenvalue weighted by Gasteiger charge is 2.11. The van der Waals surface area contributed by atoms with Gasteiger partial charge < -0.3 is 8.98 Å². The molecule has 0 spiro atoms. The highest BCUT2D eigenvalue weighted by Crippen LogP contribution is 2.22. The van der Waals surface area contributed by atoms with Gasteiger partial charge in [-0.05, 0) is 26.0 Å². The van der Waals surface area contributed by atoms with E-state index < -0.39 is 0 Å². The van der Waals surface area contributed by atoms with E-state index in [9.17, 15) is 4.79 Å². The maximum atomic E-state index is 12.0. The predicted molar refractivity (Wildman–Crippen MR) is 86.2 cm³/mol. The first kappa shape index (κ1) is 14.1. The van der Waals surface area contributed by atoms with Crippen molar-refractivity contribution >= 4 is 23.0 Å². The summed E-state index contributed by atoms with van der Waals surface area (Å²) >= 11 is 0. The largest absolute Gasteiger partial charge is 0.469 e. The summed E-state index contributed by atoms with van der Waals surface area (Å²) in [6.45, 7) is 3.77. The maximum Gasteiger partial charge on any atom is 0.274 e. The average molecular weight is 295 g/mol. The Bertz CT molecular complexity index is 871. The van der Waals surface area contributed by atoms with Crippen molar-refractivity contribution in [2.24, 2.45) is 12.1 Å². The van der Waals surface area contributed by atoms with Crippen LogP contribution in [0.5, 0.6) is 0 Å². The first-order chi connectivity index (χ1) is 10.6. The van der Waals surface area contributed by atoms with Crippen molar-refractivity contribution in [2.45, 2.75) is 13.8 Å². The van der Waals surface area contributed by atoms with Gasteiger partial charge in [0.05, 0.1) is 18.0 Å². The lowest BCUT2D eigenvalue weighted by molar-refractivity contribution is 0.0953. The number of aromatic nitrogens is 1. The van der Waals surface area contributed by atoms with E-state index in [-0.39, 0.29) is 5.91 Å². The predicted octanol–water partition coefficient (Wildman–Crippen LogP) is 3.15. The zero-order valence-corrected chi connectivity index (χ0v) is 12.8. The molecule has 112 valence electrons. The van der Waals surface area contributed by atoms with Gasteiger partial charge in [-0.25, -0.2) is 5.43 Å². The number of hydrogen-bond acceptors (Lipinski definition) is 3. The van der Waals surface area contributed by atoms with Gasteiger partial charge in [-0.1, -0.05) is 18.2 Å². The van der Waals surface area contributed by atoms with Crippen molar-refractivity contribution in [3.63, 3.8) is 0 Å². The van der Waals surface area contributed by atoms with E-state index in [0.29, 0.717) is 11.3 Å². The quantitative estimate of drug-likeness (QED) is 0.596. The third kappa shape index (κ3) is 2.30. The van der Waals surface area contributed by atoms with E-state index in [1.54, 1.807) is 19.2 Å². The number of aryl methyl sites for hydroxylation is 2. The van der Waals surface area contributed by atoms with E-state index in [1.165, 1.54) is 6.26 Å². The highest BCUT2D eigenvalue weighted by atomic mass is 16.3. The van der Waals surface area contributed by atoms with Gasteiger partial charge in [0.25, 0.3) is 5.91 Å². The fraction of sp³-hybridized carbons (Fsp3) is 0.176. The van der Waals surface area contributed by atoms with Crippen LogP contribution in [0.1, 0.15) is 27.4 Å². The number of carbonyl (C=O) groups excluding carboxylic acids is 1. The summed E-state index contributed by atoms with van der Waals surface area (Å²) < 4.78 is 7.22. The summed E-state index contributed by atoms with van der Waals surface area (Å²) in [6, 6.07) is 9.74. The lowest BCUT2D eigenvalue weighted by Crippen LogP contribution is -2.17. The first-order valence-electron chi connectivity index (χ1n) is 7.01. The molecule has 0 saturated heterocycles. The zero-order valence-electron chi connectivity index (χ0n) is 12.8. The fourth-order valence-electron chi connectivity index (χ4n) is 2.55. The number of nitrogens with one attached hydrogen (secondary N) is 1. The summed E-state index contributed by atoms with van der Waals surface area (Å²) in [7, 11) is 2.02. The van der Waals surface area contributed by atoms with Crippen LogP contribution in [0.25, 0.3) is 10.9 Å². The van der Waals surface area contributed by atoms with Crippen LogP contribution in [-0.2, 0) is 7.05 Å². The second-order valence-electron chi connectivity index (χ2n) is 5.16. The number of furan rings is 1. The van der Waals surface area contributed by atoms with E-state index in [2.05, 4.69) is 21.2 Å². The molecule has 2 aromatic heterocycles. The molecule has 0 bridgehead atoms. The summed E-state index contributed by atoms with van der Waals surface area (Å²) in [5.74, 6) is 0.300. The van der Waals surface area contributed by atoms with Gasteiger partial charge in [-0.2, -0.15) is 5.10 Å². The fourth-order valence-corrected chi connectivity index (χ4v) is 2.55. The highest BCUT2D eigenvalue weighted by molar-refractivity contribution is 6.02. The average Bonchev–Trinajstić information content (AvgIpc) is 3.05. The molecule has 0 fully saturated rings. The van der Waals surface area contributed by atoms with E-state index >= 15 is 0 Å². The normalized spacial score (nSPS) is 11.4. The Morgan fingerprint density at radius 2 is 2.05 bits per heavy atom. The minimum absolute atomic E-state index is 0.277. The molecule has 1 aromatic carbocycles. The number of hydrazone groups is 1. The zero-order chi connectivity index (χ0) is 15.7. The molecule has 5 heteroatoms. The van der Waals surface area contributed by atoms with Crippen LogP contribution in [0.3, 0.4) is 0 Å². The van der Waals surface area contributed by atoms with Crippen molar-refractivity contribution < 1.29 is 9.21 Å². The third-order valence-electron chi connectivity index (χ3n) is 3.91. The molecule has 3 rings (SSSR count). The Balaban J connectivity index is 1.86. The summed E-state index contributed by atoms with van der Waals surface area (Å²) in [4.78, 5) is 12.0. The number of para-hydroxylation sites is 1. The Kier molecular flexibility index (Phi) is 3.55. The van der Waals surface area contributed by atoms with Gasteiger partial charge in [0, 0.05) is 29.2 Å². The van der Waals surface area contributed by atoms with Gasteiger partial charge >= 0.3 is 0 Å². The Morgan fingerprint density at radius 3 is 2.77 bits per heavy atom. The van der Waals surface area contributed by atoms with Crippen LogP contribution >= 0.6 is 0 Å². The minimum Gasteiger partial charge on any atom is -0.469 e. The molecule has 3 aromatic rings. The van der Waals surface area contributed by atoms with Crippen molar-refractivity contribution in [3.05, 3.63) is 59.2 Å². The topological polar surface area (TPSA) is 59.5 Å². The number of carbonyl (C=O) groups is 1. The molecular formula is C17H17N3O2. The molecule has 22 heavy (non-hydrogen) atoms. The molecule has 2 heterocycles. The van der Waals surface area contributed by atoms with Crippen LogP contribution in [0.4, 0.5) is 0 Å². The van der Waals surface area contributed by atoms with E-state index in [4.69, 9.17) is 4.42 Å². The van der Waals surface area contributed by atoms with Gasteiger partial charge in [-0.15, -0.1) is 0 Å². The molecule has 0 radical (unpaired) electrons. The number of rotatable bonds is 3. The summed E-state index contributed by atoms with van der Waals surface area (Å²) in [5.41, 5.74) is 6.26. The van der Waals surface area contributed by atoms with Crippen LogP contribution in [0.15, 0.2) is 46.1 Å². The van der Waals surface area contributed by atoms with Crippen LogP contribution in [0.2, 0.25) is 0 Å². The second-order valence-corrected chi connectivity index (χ2v) is 5.16. The lowest BCUT2D eigenvalue weighted by atomic mass is 10.1. The van der Waals surface area contributed by atoms with Gasteiger partial charge in [0.1, 0.15) is 5.76 Å². The van der Waals surface area contributed by atoms with Gasteiger partial charge in [0.15, 0.2) is 0 Å². The number of amides is 1. The SMILES string of the molecule is Cc1occc1C(=O)NN=Cc1c(C)n(C)c2ccccc12. The smallest absolute Gasteiger partial charge is 0.274 e. The molecular weight excluding hydrogens is 278 g/mol. The Morgan fingerprint density at radius 1 is 1.27 bits per heavy atom. The summed E-state index contributed by atoms with van der Waals surface area (Å²) in [6.07, 6.45) is 3.17. The number of benzene rings is 1. The Labute approximate surface area is 128 Å². The number of hydrogen-bond donors (Lipinski definition) is 1. The molecule has 0 unspecified atom stereocenters. The van der Waals surface area contributed by atoms with Gasteiger partial charge in [-0.3, -0.25) is 4.79 Å². The Hall–Kier alpha value is -2.82. The molecule has 0 saturated carbocycles. The van der Waals surface area contributed by atoms with Crippen LogP contribution < -0.4 is 5.43 Å². The maximum absolute atomic E-state index is 12.0. The molecule has 1 amide bonds. The first-order valence-corrected chi connectivity index (χ1v) is 7.01. The monoisotopic (exact) mass is 295 g/mol. The van der Waals surface area contributed by atoms with Crippen LogP contribution in [0, 0.1) is 13.8 Å². The third-order valence-corrected chi connectivity index (χ3v) is 3.91. The van der Waals surface area contributed by atoms with Crippen molar-refractivity contribution in [3.8, 4) is 0 Å². The standard InChI is InChI=1S/C17H17N3O2/c1-11-15(14-6-4-5-7-16(14)20(11)3)10-18-19-17(21)13-8-9-22-12(13)2/h4-10H,1-3H3,(H,19,21).